The van der Waals surface area contributed by atoms with Crippen LogP contribution in [0.15, 0.2) is 47.4 Å². The number of nitrogens with one attached hydrogen (secondary N) is 1. The first-order valence-electron chi connectivity index (χ1n) is 10.3. The average molecular weight is 548 g/mol. The number of carbonyl (C=O) groups excluding carboxylic acids is 2. The number of nitrogens with two attached hydrogens (primary N) is 1. The van der Waals surface area contributed by atoms with Crippen molar-refractivity contribution in [1.82, 2.24) is 4.90 Å². The summed E-state index contributed by atoms with van der Waals surface area (Å²) in [6, 6.07) is 5.24. The fraction of sp³-hybridized carbons (Fsp3) is 0.318. The minimum Gasteiger partial charge on any atom is -0.324 e. The lowest BCUT2D eigenvalue weighted by atomic mass is 9.80. The maximum Gasteiger partial charge on any atom is 0.420 e. The number of carbonyl (C=O) groups is 2. The zero-order chi connectivity index (χ0) is 28.0. The van der Waals surface area contributed by atoms with Gasteiger partial charge in [0.25, 0.3) is 11.3 Å². The van der Waals surface area contributed by atoms with Crippen LogP contribution in [-0.2, 0) is 31.4 Å². The lowest BCUT2D eigenvalue weighted by Gasteiger charge is -2.31. The highest BCUT2D eigenvalue weighted by atomic mass is 32.2. The molecule has 0 fully saturated rings. The molecule has 0 spiro atoms. The molecule has 2 aromatic carbocycles. The molecule has 0 saturated heterocycles. The zero-order valence-electron chi connectivity index (χ0n) is 18.8. The monoisotopic (exact) mass is 548 g/mol. The SMILES string of the molecule is CS(=O)(=O)c1ccc2c(c1)CN(C(=O)CN)C2C(=O)Nc1ccc(C(C#N)(C(F)(F)F)C(F)(F)F)cc1. The lowest BCUT2D eigenvalue weighted by Crippen LogP contribution is -2.52. The number of amides is 2. The number of rotatable bonds is 5. The van der Waals surface area contributed by atoms with Gasteiger partial charge in [0, 0.05) is 18.5 Å². The largest absolute Gasteiger partial charge is 0.420 e. The predicted molar refractivity (Wildman–Crippen MR) is 116 cm³/mol. The first-order chi connectivity index (χ1) is 17.0. The first-order valence-corrected chi connectivity index (χ1v) is 12.2. The molecule has 37 heavy (non-hydrogen) atoms. The number of halogens is 6. The van der Waals surface area contributed by atoms with Crippen LogP contribution in [0.5, 0.6) is 0 Å². The van der Waals surface area contributed by atoms with Crippen LogP contribution in [0.25, 0.3) is 0 Å². The molecule has 0 saturated carbocycles. The molecule has 3 N–H and O–H groups in total. The van der Waals surface area contributed by atoms with E-state index in [2.05, 4.69) is 5.32 Å². The van der Waals surface area contributed by atoms with Gasteiger partial charge in [-0.25, -0.2) is 8.42 Å². The highest BCUT2D eigenvalue weighted by molar-refractivity contribution is 7.90. The van der Waals surface area contributed by atoms with E-state index in [1.165, 1.54) is 18.2 Å². The Morgan fingerprint density at radius 2 is 1.65 bits per heavy atom. The van der Waals surface area contributed by atoms with E-state index in [1.54, 1.807) is 0 Å². The molecule has 1 atom stereocenters. The number of nitrogens with zero attached hydrogens (tertiary/aromatic N) is 2. The van der Waals surface area contributed by atoms with E-state index < -0.39 is 57.6 Å². The predicted octanol–water partition coefficient (Wildman–Crippen LogP) is 2.96. The zero-order valence-corrected chi connectivity index (χ0v) is 19.6. The van der Waals surface area contributed by atoms with Crippen LogP contribution in [0.3, 0.4) is 0 Å². The van der Waals surface area contributed by atoms with Crippen molar-refractivity contribution in [2.45, 2.75) is 35.2 Å². The summed E-state index contributed by atoms with van der Waals surface area (Å²) in [5.41, 5.74) is -0.376. The molecular formula is C22H18F6N4O4S. The van der Waals surface area contributed by atoms with Gasteiger partial charge in [0.15, 0.2) is 9.84 Å². The normalized spacial score (nSPS) is 16.2. The average Bonchev–Trinajstić information content (AvgIpc) is 3.17. The summed E-state index contributed by atoms with van der Waals surface area (Å²) in [5.74, 6) is -1.54. The molecule has 0 aliphatic carbocycles. The van der Waals surface area contributed by atoms with Crippen LogP contribution in [0.4, 0.5) is 32.0 Å². The van der Waals surface area contributed by atoms with Gasteiger partial charge in [-0.05, 0) is 41.0 Å². The van der Waals surface area contributed by atoms with E-state index >= 15 is 0 Å². The number of sulfone groups is 1. The maximum absolute atomic E-state index is 13.4. The van der Waals surface area contributed by atoms with Gasteiger partial charge in [-0.3, -0.25) is 9.59 Å². The lowest BCUT2D eigenvalue weighted by molar-refractivity contribution is -0.283. The highest BCUT2D eigenvalue weighted by Gasteiger charge is 2.72. The quantitative estimate of drug-likeness (QED) is 0.552. The summed E-state index contributed by atoms with van der Waals surface area (Å²) >= 11 is 0. The van der Waals surface area contributed by atoms with Crippen LogP contribution in [0.2, 0.25) is 0 Å². The van der Waals surface area contributed by atoms with Crippen LogP contribution < -0.4 is 11.1 Å². The number of hydrogen-bond donors (Lipinski definition) is 2. The number of nitriles is 1. The second-order valence-corrected chi connectivity index (χ2v) is 10.2. The van der Waals surface area contributed by atoms with Gasteiger partial charge in [-0.2, -0.15) is 31.6 Å². The Morgan fingerprint density at radius 1 is 1.08 bits per heavy atom. The minimum atomic E-state index is -5.98. The summed E-state index contributed by atoms with van der Waals surface area (Å²) < 4.78 is 104. The van der Waals surface area contributed by atoms with Gasteiger partial charge < -0.3 is 16.0 Å². The number of hydrogen-bond acceptors (Lipinski definition) is 6. The fourth-order valence-electron chi connectivity index (χ4n) is 3.98. The molecule has 1 aliphatic heterocycles. The van der Waals surface area contributed by atoms with E-state index in [9.17, 15) is 44.3 Å². The Balaban J connectivity index is 1.96. The van der Waals surface area contributed by atoms with Gasteiger partial charge >= 0.3 is 12.4 Å². The molecular weight excluding hydrogens is 530 g/mol. The third-order valence-electron chi connectivity index (χ3n) is 5.84. The summed E-state index contributed by atoms with van der Waals surface area (Å²) in [5, 5.41) is 11.2. The Kier molecular flexibility index (Phi) is 7.06. The van der Waals surface area contributed by atoms with Crippen molar-refractivity contribution < 1.29 is 44.3 Å². The van der Waals surface area contributed by atoms with Gasteiger partial charge in [0.2, 0.25) is 5.91 Å². The highest BCUT2D eigenvalue weighted by Crippen LogP contribution is 2.51. The number of anilines is 1. The second-order valence-electron chi connectivity index (χ2n) is 8.19. The smallest absolute Gasteiger partial charge is 0.324 e. The van der Waals surface area contributed by atoms with Gasteiger partial charge in [-0.1, -0.05) is 18.2 Å². The number of benzene rings is 2. The van der Waals surface area contributed by atoms with Gasteiger partial charge in [0.1, 0.15) is 6.04 Å². The molecule has 3 rings (SSSR count). The maximum atomic E-state index is 13.4. The molecule has 1 unspecified atom stereocenters. The number of fused-ring (bicyclic) bond motifs is 1. The van der Waals surface area contributed by atoms with E-state index in [1.807, 2.05) is 0 Å². The standard InChI is InChI=1S/C22H18F6N4O4S/c1-37(35,36)15-6-7-16-12(8-15)10-32(17(33)9-29)18(16)19(34)31-14-4-2-13(3-5-14)20(11-30,21(23,24)25)22(26,27)28/h2-8,18H,9-10,29H2,1H3,(H,31,34). The molecule has 0 radical (unpaired) electrons. The topological polar surface area (TPSA) is 133 Å². The molecule has 2 amide bonds. The van der Waals surface area contributed by atoms with Crippen LogP contribution in [0, 0.1) is 11.3 Å². The van der Waals surface area contributed by atoms with Gasteiger partial charge in [0.05, 0.1) is 17.5 Å². The van der Waals surface area contributed by atoms with Gasteiger partial charge in [-0.15, -0.1) is 0 Å². The number of alkyl halides is 6. The van der Waals surface area contributed by atoms with E-state index in [-0.39, 0.29) is 22.7 Å². The van der Waals surface area contributed by atoms with Crippen molar-refractivity contribution in [3.05, 3.63) is 59.2 Å². The van der Waals surface area contributed by atoms with Crippen molar-refractivity contribution in [3.8, 4) is 6.07 Å². The summed E-state index contributed by atoms with van der Waals surface area (Å²) in [7, 11) is -3.61. The molecule has 1 aliphatic rings. The van der Waals surface area contributed by atoms with Crippen molar-refractivity contribution in [1.29, 1.82) is 5.26 Å². The molecule has 198 valence electrons. The molecule has 1 heterocycles. The van der Waals surface area contributed by atoms with Crippen molar-refractivity contribution in [2.24, 2.45) is 5.73 Å². The minimum absolute atomic E-state index is 0.0571. The Bertz CT molecular complexity index is 1370. The van der Waals surface area contributed by atoms with Crippen LogP contribution >= 0.6 is 0 Å². The molecule has 8 nitrogen and oxygen atoms in total. The van der Waals surface area contributed by atoms with Crippen molar-refractivity contribution in [2.75, 3.05) is 18.1 Å². The third kappa shape index (κ3) is 4.86. The second kappa shape index (κ2) is 9.34. The molecule has 15 heteroatoms. The van der Waals surface area contributed by atoms with E-state index in [0.29, 0.717) is 23.8 Å². The van der Waals surface area contributed by atoms with E-state index in [0.717, 1.165) is 23.3 Å². The van der Waals surface area contributed by atoms with Crippen LogP contribution in [0.1, 0.15) is 22.7 Å². The summed E-state index contributed by atoms with van der Waals surface area (Å²) in [4.78, 5) is 26.4. The van der Waals surface area contributed by atoms with Crippen molar-refractivity contribution >= 4 is 27.3 Å². The van der Waals surface area contributed by atoms with E-state index in [4.69, 9.17) is 11.0 Å². The summed E-state index contributed by atoms with van der Waals surface area (Å²) in [6.45, 7) is -0.649. The Morgan fingerprint density at radius 3 is 2.11 bits per heavy atom. The first kappa shape index (κ1) is 27.9. The van der Waals surface area contributed by atoms with Crippen LogP contribution in [-0.4, -0.2) is 50.3 Å². The Labute approximate surface area is 206 Å². The van der Waals surface area contributed by atoms with Crippen molar-refractivity contribution in [3.63, 3.8) is 0 Å². The molecule has 0 bridgehead atoms. The fourth-order valence-corrected chi connectivity index (χ4v) is 4.66. The summed E-state index contributed by atoms with van der Waals surface area (Å²) in [6.07, 6.45) is -11.0. The molecule has 0 aromatic heterocycles. The third-order valence-corrected chi connectivity index (χ3v) is 6.95. The molecule has 2 aromatic rings. The Hall–Kier alpha value is -3.64.